The third-order valence-electron chi connectivity index (χ3n) is 1.58. The number of amides is 1. The zero-order valence-corrected chi connectivity index (χ0v) is 8.25. The fourth-order valence-corrected chi connectivity index (χ4v) is 0.913. The molecule has 0 spiro atoms. The van der Waals surface area contributed by atoms with Crippen LogP contribution in [0.4, 0.5) is 13.2 Å². The van der Waals surface area contributed by atoms with E-state index in [2.05, 4.69) is 0 Å². The van der Waals surface area contributed by atoms with Crippen LogP contribution in [0.1, 0.15) is 12.8 Å². The van der Waals surface area contributed by atoms with Crippen molar-refractivity contribution in [1.29, 1.82) is 0 Å². The lowest BCUT2D eigenvalue weighted by atomic mass is 10.2. The van der Waals surface area contributed by atoms with Gasteiger partial charge in [-0.1, -0.05) is 5.92 Å². The van der Waals surface area contributed by atoms with E-state index in [1.54, 1.807) is 0 Å². The number of terminal acetylenes is 1. The standard InChI is InChI=1S/C9H10F3NO3/c1-2-5-13(6-8(15)16)7(14)3-4-9(10,11)12/h1H,3-6H2,(H,15,16). The molecule has 7 heteroatoms. The van der Waals surface area contributed by atoms with E-state index in [9.17, 15) is 22.8 Å². The molecule has 0 aromatic carbocycles. The summed E-state index contributed by atoms with van der Waals surface area (Å²) in [5.74, 6) is -0.231. The van der Waals surface area contributed by atoms with E-state index < -0.39 is 37.4 Å². The third kappa shape index (κ3) is 6.70. The molecule has 0 heterocycles. The quantitative estimate of drug-likeness (QED) is 0.722. The Bertz CT molecular complexity index is 306. The van der Waals surface area contributed by atoms with Crippen LogP contribution in [-0.4, -0.2) is 41.1 Å². The van der Waals surface area contributed by atoms with Crippen LogP contribution in [0.3, 0.4) is 0 Å². The van der Waals surface area contributed by atoms with Gasteiger partial charge >= 0.3 is 12.1 Å². The molecule has 0 rings (SSSR count). The van der Waals surface area contributed by atoms with Crippen molar-refractivity contribution in [2.45, 2.75) is 19.0 Å². The Morgan fingerprint density at radius 2 is 1.94 bits per heavy atom. The predicted octanol–water partition coefficient (Wildman–Crippen LogP) is 0.875. The van der Waals surface area contributed by atoms with Gasteiger partial charge in [-0.3, -0.25) is 9.59 Å². The number of rotatable bonds is 5. The topological polar surface area (TPSA) is 57.6 Å². The molecule has 0 unspecified atom stereocenters. The van der Waals surface area contributed by atoms with E-state index in [1.807, 2.05) is 5.92 Å². The van der Waals surface area contributed by atoms with Gasteiger partial charge in [-0.05, 0) is 0 Å². The molecule has 0 atom stereocenters. The minimum atomic E-state index is -4.44. The molecule has 1 amide bonds. The molecule has 16 heavy (non-hydrogen) atoms. The van der Waals surface area contributed by atoms with Crippen molar-refractivity contribution in [3.8, 4) is 12.3 Å². The molecular formula is C9H10F3NO3. The third-order valence-corrected chi connectivity index (χ3v) is 1.58. The molecule has 0 aliphatic carbocycles. The lowest BCUT2D eigenvalue weighted by molar-refractivity contribution is -0.151. The van der Waals surface area contributed by atoms with E-state index in [0.717, 1.165) is 0 Å². The second-order valence-electron chi connectivity index (χ2n) is 2.96. The SMILES string of the molecule is C#CCN(CC(=O)O)C(=O)CCC(F)(F)F. The van der Waals surface area contributed by atoms with Gasteiger partial charge in [-0.2, -0.15) is 13.2 Å². The Hall–Kier alpha value is -1.71. The highest BCUT2D eigenvalue weighted by Gasteiger charge is 2.29. The van der Waals surface area contributed by atoms with Gasteiger partial charge in [0.2, 0.25) is 5.91 Å². The number of carboxylic acids is 1. The molecule has 0 aliphatic heterocycles. The molecule has 0 aliphatic rings. The summed E-state index contributed by atoms with van der Waals surface area (Å²) in [6.07, 6.45) is -1.66. The number of hydrogen-bond donors (Lipinski definition) is 1. The van der Waals surface area contributed by atoms with Crippen LogP contribution in [0, 0.1) is 12.3 Å². The second kappa shape index (κ2) is 6.00. The zero-order valence-electron chi connectivity index (χ0n) is 8.25. The molecule has 0 saturated heterocycles. The van der Waals surface area contributed by atoms with Crippen molar-refractivity contribution < 1.29 is 27.9 Å². The molecule has 90 valence electrons. The summed E-state index contributed by atoms with van der Waals surface area (Å²) in [6.45, 7) is -1.01. The summed E-state index contributed by atoms with van der Waals surface area (Å²) >= 11 is 0. The summed E-state index contributed by atoms with van der Waals surface area (Å²) in [5.41, 5.74) is 0. The molecule has 0 aromatic heterocycles. The molecule has 4 nitrogen and oxygen atoms in total. The summed E-state index contributed by atoms with van der Waals surface area (Å²) in [6, 6.07) is 0. The van der Waals surface area contributed by atoms with Crippen LogP contribution in [-0.2, 0) is 9.59 Å². The number of halogens is 3. The van der Waals surface area contributed by atoms with E-state index in [0.29, 0.717) is 4.90 Å². The van der Waals surface area contributed by atoms with E-state index in [1.165, 1.54) is 0 Å². The van der Waals surface area contributed by atoms with Crippen LogP contribution >= 0.6 is 0 Å². The lowest BCUT2D eigenvalue weighted by Crippen LogP contribution is -2.36. The maximum Gasteiger partial charge on any atom is 0.389 e. The number of hydrogen-bond acceptors (Lipinski definition) is 2. The first-order valence-corrected chi connectivity index (χ1v) is 4.26. The maximum absolute atomic E-state index is 11.8. The largest absolute Gasteiger partial charge is 0.480 e. The Balaban J connectivity index is 4.29. The van der Waals surface area contributed by atoms with Gasteiger partial charge in [0.15, 0.2) is 0 Å². The van der Waals surface area contributed by atoms with E-state index in [4.69, 9.17) is 11.5 Å². The number of carbonyl (C=O) groups excluding carboxylic acids is 1. The second-order valence-corrected chi connectivity index (χ2v) is 2.96. The monoisotopic (exact) mass is 237 g/mol. The normalized spacial score (nSPS) is 10.6. The number of nitrogens with zero attached hydrogens (tertiary/aromatic N) is 1. The first-order chi connectivity index (χ1) is 7.26. The van der Waals surface area contributed by atoms with Gasteiger partial charge in [-0.25, -0.2) is 0 Å². The van der Waals surface area contributed by atoms with Crippen molar-refractivity contribution in [3.05, 3.63) is 0 Å². The van der Waals surface area contributed by atoms with Crippen LogP contribution < -0.4 is 0 Å². The maximum atomic E-state index is 11.8. The van der Waals surface area contributed by atoms with Gasteiger partial charge in [-0.15, -0.1) is 6.42 Å². The highest BCUT2D eigenvalue weighted by Crippen LogP contribution is 2.21. The Kier molecular flexibility index (Phi) is 5.36. The summed E-state index contributed by atoms with van der Waals surface area (Å²) < 4.78 is 35.4. The Labute approximate surface area is 90.0 Å². The van der Waals surface area contributed by atoms with Crippen LogP contribution in [0.25, 0.3) is 0 Å². The van der Waals surface area contributed by atoms with Crippen molar-refractivity contribution >= 4 is 11.9 Å². The van der Waals surface area contributed by atoms with Crippen molar-refractivity contribution in [1.82, 2.24) is 4.90 Å². The number of carboxylic acid groups (broad SMARTS) is 1. The van der Waals surface area contributed by atoms with Gasteiger partial charge < -0.3 is 10.0 Å². The summed E-state index contributed by atoms with van der Waals surface area (Å²) in [7, 11) is 0. The zero-order chi connectivity index (χ0) is 12.8. The van der Waals surface area contributed by atoms with Crippen molar-refractivity contribution in [2.75, 3.05) is 13.1 Å². The van der Waals surface area contributed by atoms with Gasteiger partial charge in [0.05, 0.1) is 13.0 Å². The average molecular weight is 237 g/mol. The van der Waals surface area contributed by atoms with Gasteiger partial charge in [0.1, 0.15) is 6.54 Å². The lowest BCUT2D eigenvalue weighted by Gasteiger charge is -2.18. The molecule has 0 saturated carbocycles. The summed E-state index contributed by atoms with van der Waals surface area (Å²) in [5, 5.41) is 8.40. The van der Waals surface area contributed by atoms with Crippen LogP contribution in [0.2, 0.25) is 0 Å². The fraction of sp³-hybridized carbons (Fsp3) is 0.556. The highest BCUT2D eigenvalue weighted by molar-refractivity contribution is 5.81. The average Bonchev–Trinajstić information content (AvgIpc) is 2.11. The van der Waals surface area contributed by atoms with Gasteiger partial charge in [0, 0.05) is 6.42 Å². The van der Waals surface area contributed by atoms with Gasteiger partial charge in [0.25, 0.3) is 0 Å². The summed E-state index contributed by atoms with van der Waals surface area (Å²) in [4.78, 5) is 22.2. The molecule has 1 N–H and O–H groups in total. The predicted molar refractivity (Wildman–Crippen MR) is 48.3 cm³/mol. The molecule has 0 aromatic rings. The van der Waals surface area contributed by atoms with E-state index in [-0.39, 0.29) is 6.54 Å². The first kappa shape index (κ1) is 14.3. The molecule has 0 bridgehead atoms. The molecule has 0 radical (unpaired) electrons. The Morgan fingerprint density at radius 3 is 2.31 bits per heavy atom. The number of carbonyl (C=O) groups is 2. The fourth-order valence-electron chi connectivity index (χ4n) is 0.913. The van der Waals surface area contributed by atoms with Crippen LogP contribution in [0.5, 0.6) is 0 Å². The number of aliphatic carboxylic acids is 1. The molecule has 0 fully saturated rings. The Morgan fingerprint density at radius 1 is 1.38 bits per heavy atom. The van der Waals surface area contributed by atoms with E-state index >= 15 is 0 Å². The number of alkyl halides is 3. The molecular weight excluding hydrogens is 227 g/mol. The highest BCUT2D eigenvalue weighted by atomic mass is 19.4. The first-order valence-electron chi connectivity index (χ1n) is 4.26. The van der Waals surface area contributed by atoms with Crippen molar-refractivity contribution in [3.63, 3.8) is 0 Å². The van der Waals surface area contributed by atoms with Crippen LogP contribution in [0.15, 0.2) is 0 Å². The smallest absolute Gasteiger partial charge is 0.389 e. The minimum Gasteiger partial charge on any atom is -0.480 e. The van der Waals surface area contributed by atoms with Crippen molar-refractivity contribution in [2.24, 2.45) is 0 Å². The minimum absolute atomic E-state index is 0.316.